The maximum Gasteiger partial charge on any atom is 0.391 e. The van der Waals surface area contributed by atoms with Gasteiger partial charge in [-0.05, 0) is 105 Å². The summed E-state index contributed by atoms with van der Waals surface area (Å²) < 4.78 is 40.0. The molecule has 0 radical (unpaired) electrons. The Balaban J connectivity index is 1.51. The van der Waals surface area contributed by atoms with Crippen LogP contribution in [-0.2, 0) is 0 Å². The molecule has 8 atom stereocenters. The van der Waals surface area contributed by atoms with Gasteiger partial charge in [0.2, 0.25) is 0 Å². The largest absolute Gasteiger partial charge is 0.391 e. The van der Waals surface area contributed by atoms with Crippen LogP contribution in [0.5, 0.6) is 0 Å². The van der Waals surface area contributed by atoms with Gasteiger partial charge in [0.15, 0.2) is 0 Å². The number of halogens is 3. The van der Waals surface area contributed by atoms with Gasteiger partial charge in [0.05, 0.1) is 5.92 Å². The van der Waals surface area contributed by atoms with Gasteiger partial charge in [0.1, 0.15) is 0 Å². The van der Waals surface area contributed by atoms with E-state index in [0.717, 1.165) is 30.6 Å². The van der Waals surface area contributed by atoms with Gasteiger partial charge >= 0.3 is 6.18 Å². The molecule has 0 aromatic rings. The number of alkyl halides is 3. The van der Waals surface area contributed by atoms with Crippen LogP contribution in [0.3, 0.4) is 0 Å². The van der Waals surface area contributed by atoms with Crippen molar-refractivity contribution in [2.24, 2.45) is 46.3 Å². The first-order valence-electron chi connectivity index (χ1n) is 11.8. The summed E-state index contributed by atoms with van der Waals surface area (Å²) in [4.78, 5) is 0. The van der Waals surface area contributed by atoms with Crippen LogP contribution < -0.4 is 0 Å². The van der Waals surface area contributed by atoms with Crippen molar-refractivity contribution < 1.29 is 13.2 Å². The molecule has 0 amide bonds. The Bertz CT molecular complexity index is 540. The third kappa shape index (κ3) is 3.18. The molecule has 4 rings (SSSR count). The van der Waals surface area contributed by atoms with E-state index in [2.05, 4.69) is 20.8 Å². The molecule has 4 fully saturated rings. The Hall–Kier alpha value is -0.210. The monoisotopic (exact) mass is 384 g/mol. The van der Waals surface area contributed by atoms with Crippen LogP contribution in [0.4, 0.5) is 13.2 Å². The van der Waals surface area contributed by atoms with Gasteiger partial charge in [-0.15, -0.1) is 0 Å². The number of fused-ring (bicyclic) bond motifs is 5. The molecule has 3 heteroatoms. The highest BCUT2D eigenvalue weighted by atomic mass is 19.4. The molecule has 27 heavy (non-hydrogen) atoms. The van der Waals surface area contributed by atoms with Crippen molar-refractivity contribution >= 4 is 0 Å². The van der Waals surface area contributed by atoms with E-state index in [9.17, 15) is 13.2 Å². The predicted octanol–water partition coefficient (Wildman–Crippen LogP) is 8.01. The zero-order chi connectivity index (χ0) is 19.4. The quantitative estimate of drug-likeness (QED) is 0.462. The Morgan fingerprint density at radius 3 is 2.26 bits per heavy atom. The van der Waals surface area contributed by atoms with Gasteiger partial charge in [-0.2, -0.15) is 13.2 Å². The second-order valence-corrected chi connectivity index (χ2v) is 11.1. The van der Waals surface area contributed by atoms with Gasteiger partial charge in [0.25, 0.3) is 0 Å². The molecule has 0 aromatic carbocycles. The van der Waals surface area contributed by atoms with Crippen molar-refractivity contribution in [2.75, 3.05) is 0 Å². The molecule has 0 N–H and O–H groups in total. The third-order valence-corrected chi connectivity index (χ3v) is 10.2. The molecule has 4 saturated carbocycles. The minimum Gasteiger partial charge on any atom is -0.171 e. The van der Waals surface area contributed by atoms with E-state index in [-0.39, 0.29) is 5.41 Å². The minimum absolute atomic E-state index is 0.174. The highest BCUT2D eigenvalue weighted by Gasteiger charge is 2.61. The van der Waals surface area contributed by atoms with E-state index in [1.165, 1.54) is 51.4 Å². The van der Waals surface area contributed by atoms with Crippen molar-refractivity contribution in [2.45, 2.75) is 104 Å². The molecule has 156 valence electrons. The molecule has 0 heterocycles. The lowest BCUT2D eigenvalue weighted by atomic mass is 9.44. The smallest absolute Gasteiger partial charge is 0.171 e. The van der Waals surface area contributed by atoms with Crippen LogP contribution in [0.1, 0.15) is 97.8 Å². The molecule has 8 unspecified atom stereocenters. The van der Waals surface area contributed by atoms with Gasteiger partial charge < -0.3 is 0 Å². The summed E-state index contributed by atoms with van der Waals surface area (Å²) in [6, 6.07) is 0. The lowest BCUT2D eigenvalue weighted by Gasteiger charge is -2.61. The van der Waals surface area contributed by atoms with Crippen molar-refractivity contribution in [1.82, 2.24) is 0 Å². The number of hydrogen-bond donors (Lipinski definition) is 0. The molecule has 0 saturated heterocycles. The number of rotatable bonds is 3. The molecule has 4 aliphatic carbocycles. The van der Waals surface area contributed by atoms with Crippen molar-refractivity contribution in [3.63, 3.8) is 0 Å². The summed E-state index contributed by atoms with van der Waals surface area (Å²) in [5.41, 5.74) is 0.691. The zero-order valence-corrected chi connectivity index (χ0v) is 17.6. The Morgan fingerprint density at radius 1 is 0.852 bits per heavy atom. The van der Waals surface area contributed by atoms with E-state index in [1.54, 1.807) is 0 Å². The molecular formula is C24H39F3. The summed E-state index contributed by atoms with van der Waals surface area (Å²) in [5, 5.41) is 0. The maximum atomic E-state index is 13.3. The van der Waals surface area contributed by atoms with Crippen LogP contribution in [-0.4, -0.2) is 6.18 Å². The highest BCUT2D eigenvalue weighted by Crippen LogP contribution is 2.68. The molecule has 0 spiro atoms. The SMILES string of the molecule is CCCCC1CCC2C3CCC4CC(C(F)(F)F)CCC4(C)C3CCC12C. The van der Waals surface area contributed by atoms with Gasteiger partial charge in [-0.1, -0.05) is 33.6 Å². The molecule has 0 aromatic heterocycles. The summed E-state index contributed by atoms with van der Waals surface area (Å²) >= 11 is 0. The average Bonchev–Trinajstić information content (AvgIpc) is 2.94. The summed E-state index contributed by atoms with van der Waals surface area (Å²) in [5.74, 6) is 2.49. The van der Waals surface area contributed by atoms with E-state index in [4.69, 9.17) is 0 Å². The molecular weight excluding hydrogens is 345 g/mol. The van der Waals surface area contributed by atoms with Crippen LogP contribution in [0.2, 0.25) is 0 Å². The molecule has 4 aliphatic rings. The van der Waals surface area contributed by atoms with Crippen molar-refractivity contribution in [1.29, 1.82) is 0 Å². The van der Waals surface area contributed by atoms with Crippen molar-refractivity contribution in [3.05, 3.63) is 0 Å². The lowest BCUT2D eigenvalue weighted by molar-refractivity contribution is -0.208. The standard InChI is InChI=1S/C24H39F3/c1-4-5-6-16-8-10-20-19-9-7-17-15-18(24(25,26)27)11-13-23(17,3)21(19)12-14-22(16,20)2/h16-21H,4-15H2,1-3H3. The first kappa shape index (κ1) is 20.1. The maximum absolute atomic E-state index is 13.3. The molecule has 0 nitrogen and oxygen atoms in total. The average molecular weight is 385 g/mol. The van der Waals surface area contributed by atoms with Crippen LogP contribution >= 0.6 is 0 Å². The zero-order valence-electron chi connectivity index (χ0n) is 17.6. The van der Waals surface area contributed by atoms with Gasteiger partial charge in [-0.3, -0.25) is 0 Å². The fourth-order valence-corrected chi connectivity index (χ4v) is 8.59. The fraction of sp³-hybridized carbons (Fsp3) is 1.00. The van der Waals surface area contributed by atoms with Crippen LogP contribution in [0, 0.1) is 46.3 Å². The van der Waals surface area contributed by atoms with Gasteiger partial charge in [0, 0.05) is 0 Å². The second kappa shape index (κ2) is 6.94. The molecule has 0 bridgehead atoms. The van der Waals surface area contributed by atoms with E-state index in [1.807, 2.05) is 0 Å². The normalized spacial score (nSPS) is 50.0. The van der Waals surface area contributed by atoms with Crippen molar-refractivity contribution in [3.8, 4) is 0 Å². The fourth-order valence-electron chi connectivity index (χ4n) is 8.59. The minimum atomic E-state index is -3.98. The Kier molecular flexibility index (Phi) is 5.16. The summed E-state index contributed by atoms with van der Waals surface area (Å²) in [7, 11) is 0. The van der Waals surface area contributed by atoms with E-state index in [0.29, 0.717) is 30.1 Å². The summed E-state index contributed by atoms with van der Waals surface area (Å²) in [6.45, 7) is 7.26. The number of hydrogen-bond acceptors (Lipinski definition) is 0. The number of unbranched alkanes of at least 4 members (excludes halogenated alkanes) is 1. The highest BCUT2D eigenvalue weighted by molar-refractivity contribution is 5.09. The lowest BCUT2D eigenvalue weighted by Crippen LogP contribution is -2.54. The van der Waals surface area contributed by atoms with E-state index >= 15 is 0 Å². The third-order valence-electron chi connectivity index (χ3n) is 10.2. The second-order valence-electron chi connectivity index (χ2n) is 11.1. The van der Waals surface area contributed by atoms with Crippen LogP contribution in [0.15, 0.2) is 0 Å². The van der Waals surface area contributed by atoms with Crippen LogP contribution in [0.25, 0.3) is 0 Å². The summed E-state index contributed by atoms with van der Waals surface area (Å²) in [6.07, 6.45) is 9.32. The Morgan fingerprint density at radius 2 is 1.56 bits per heavy atom. The first-order valence-corrected chi connectivity index (χ1v) is 11.8. The Labute approximate surface area is 164 Å². The first-order chi connectivity index (χ1) is 12.7. The van der Waals surface area contributed by atoms with Gasteiger partial charge in [-0.25, -0.2) is 0 Å². The topological polar surface area (TPSA) is 0 Å². The predicted molar refractivity (Wildman–Crippen MR) is 104 cm³/mol. The molecule has 0 aliphatic heterocycles. The van der Waals surface area contributed by atoms with E-state index < -0.39 is 12.1 Å².